The molecule has 1 atom stereocenters. The van der Waals surface area contributed by atoms with Crippen LogP contribution in [-0.2, 0) is 19.6 Å². The Morgan fingerprint density at radius 1 is 1.50 bits per heavy atom. The Labute approximate surface area is 139 Å². The van der Waals surface area contributed by atoms with E-state index in [1.165, 1.54) is 31.0 Å². The second-order valence-electron chi connectivity index (χ2n) is 5.42. The lowest BCUT2D eigenvalue weighted by Crippen LogP contribution is -2.33. The van der Waals surface area contributed by atoms with Crippen LogP contribution in [0.1, 0.15) is 6.92 Å². The van der Waals surface area contributed by atoms with E-state index in [1.54, 1.807) is 0 Å². The highest BCUT2D eigenvalue weighted by Gasteiger charge is 2.33. The van der Waals surface area contributed by atoms with Gasteiger partial charge in [-0.15, -0.1) is 0 Å². The second-order valence-corrected chi connectivity index (χ2v) is 7.43. The van der Waals surface area contributed by atoms with Gasteiger partial charge in [-0.05, 0) is 18.2 Å². The van der Waals surface area contributed by atoms with Crippen molar-refractivity contribution in [2.45, 2.75) is 13.0 Å². The summed E-state index contributed by atoms with van der Waals surface area (Å²) in [5.41, 5.74) is 0.122. The molecule has 1 fully saturated rings. The van der Waals surface area contributed by atoms with Crippen LogP contribution < -0.4 is 14.5 Å². The molecule has 1 aromatic rings. The molecule has 0 bridgehead atoms. The molecule has 0 saturated carbocycles. The molecular formula is C14H18FN3O5S. The van der Waals surface area contributed by atoms with Crippen LogP contribution >= 0.6 is 0 Å². The number of carbonyl (C=O) groups excluding carboxylic acids is 2. The Balaban J connectivity index is 2.17. The minimum atomic E-state index is -3.60. The van der Waals surface area contributed by atoms with Crippen LogP contribution in [0.4, 0.5) is 20.6 Å². The van der Waals surface area contributed by atoms with Gasteiger partial charge in [-0.1, -0.05) is 0 Å². The molecule has 1 aliphatic rings. The third-order valence-corrected chi connectivity index (χ3v) is 4.72. The average Bonchev–Trinajstić information content (AvgIpc) is 2.84. The van der Waals surface area contributed by atoms with Crippen molar-refractivity contribution >= 4 is 33.4 Å². The molecule has 0 radical (unpaired) electrons. The maximum atomic E-state index is 14.2. The summed E-state index contributed by atoms with van der Waals surface area (Å²) in [6, 6.07) is 3.78. The molecule has 0 spiro atoms. The van der Waals surface area contributed by atoms with Gasteiger partial charge >= 0.3 is 6.09 Å². The number of benzene rings is 1. The lowest BCUT2D eigenvalue weighted by molar-refractivity contribution is -0.119. The molecule has 1 N–H and O–H groups in total. The van der Waals surface area contributed by atoms with Gasteiger partial charge in [0.15, 0.2) is 0 Å². The first-order valence-electron chi connectivity index (χ1n) is 7.05. The Bertz CT molecular complexity index is 768. The molecular weight excluding hydrogens is 341 g/mol. The summed E-state index contributed by atoms with van der Waals surface area (Å²) < 4.78 is 43.1. The fraction of sp³-hybridized carbons (Fsp3) is 0.429. The fourth-order valence-corrected chi connectivity index (χ4v) is 2.70. The van der Waals surface area contributed by atoms with Gasteiger partial charge in [-0.25, -0.2) is 17.6 Å². The SMILES string of the molecule is CC(=O)NCC1CN(c2ccc(N(C)S(C)(=O)=O)c(F)c2)C(=O)O1. The molecule has 2 amide bonds. The minimum absolute atomic E-state index is 0.122. The molecule has 8 nitrogen and oxygen atoms in total. The molecule has 1 heterocycles. The fourth-order valence-electron chi connectivity index (χ4n) is 2.19. The van der Waals surface area contributed by atoms with E-state index in [-0.39, 0.29) is 30.4 Å². The van der Waals surface area contributed by atoms with Crippen LogP contribution in [0.25, 0.3) is 0 Å². The molecule has 1 aromatic carbocycles. The van der Waals surface area contributed by atoms with Crippen molar-refractivity contribution in [1.82, 2.24) is 5.32 Å². The van der Waals surface area contributed by atoms with Crippen molar-refractivity contribution in [3.8, 4) is 0 Å². The van der Waals surface area contributed by atoms with Crippen molar-refractivity contribution < 1.29 is 27.1 Å². The quantitative estimate of drug-likeness (QED) is 0.834. The molecule has 0 aliphatic carbocycles. The van der Waals surface area contributed by atoms with Crippen LogP contribution in [-0.4, -0.2) is 52.9 Å². The molecule has 132 valence electrons. The van der Waals surface area contributed by atoms with Crippen molar-refractivity contribution in [3.05, 3.63) is 24.0 Å². The smallest absolute Gasteiger partial charge is 0.414 e. The number of amides is 2. The number of nitrogens with zero attached hydrogens (tertiary/aromatic N) is 2. The van der Waals surface area contributed by atoms with Crippen molar-refractivity contribution in [2.75, 3.05) is 35.6 Å². The van der Waals surface area contributed by atoms with Gasteiger partial charge in [-0.3, -0.25) is 14.0 Å². The van der Waals surface area contributed by atoms with Crippen LogP contribution in [0.5, 0.6) is 0 Å². The first kappa shape index (κ1) is 18.0. The highest BCUT2D eigenvalue weighted by Crippen LogP contribution is 2.28. The first-order chi connectivity index (χ1) is 11.1. The van der Waals surface area contributed by atoms with Gasteiger partial charge in [0.1, 0.15) is 11.9 Å². The van der Waals surface area contributed by atoms with Gasteiger partial charge in [0.05, 0.1) is 30.7 Å². The molecule has 1 aliphatic heterocycles. The molecule has 10 heteroatoms. The third kappa shape index (κ3) is 3.94. The van der Waals surface area contributed by atoms with E-state index in [2.05, 4.69) is 5.32 Å². The van der Waals surface area contributed by atoms with Crippen molar-refractivity contribution in [1.29, 1.82) is 0 Å². The van der Waals surface area contributed by atoms with Gasteiger partial charge in [0, 0.05) is 14.0 Å². The molecule has 24 heavy (non-hydrogen) atoms. The number of anilines is 2. The number of ether oxygens (including phenoxy) is 1. The largest absolute Gasteiger partial charge is 0.442 e. The zero-order chi connectivity index (χ0) is 18.1. The zero-order valence-corrected chi connectivity index (χ0v) is 14.3. The van der Waals surface area contributed by atoms with Crippen molar-refractivity contribution in [3.63, 3.8) is 0 Å². The summed E-state index contributed by atoms with van der Waals surface area (Å²) in [4.78, 5) is 24.0. The van der Waals surface area contributed by atoms with Crippen LogP contribution in [0.2, 0.25) is 0 Å². The average molecular weight is 359 g/mol. The summed E-state index contributed by atoms with van der Waals surface area (Å²) in [6.07, 6.45) is -0.234. The van der Waals surface area contributed by atoms with E-state index in [9.17, 15) is 22.4 Å². The highest BCUT2D eigenvalue weighted by atomic mass is 32.2. The molecule has 1 saturated heterocycles. The predicted octanol–water partition coefficient (Wildman–Crippen LogP) is 0.683. The second kappa shape index (κ2) is 6.63. The normalized spacial score (nSPS) is 17.6. The highest BCUT2D eigenvalue weighted by molar-refractivity contribution is 7.92. The molecule has 1 unspecified atom stereocenters. The third-order valence-electron chi connectivity index (χ3n) is 3.53. The number of carbonyl (C=O) groups is 2. The summed E-state index contributed by atoms with van der Waals surface area (Å²) in [6.45, 7) is 1.66. The Kier molecular flexibility index (Phi) is 4.97. The van der Waals surface area contributed by atoms with E-state index in [0.717, 1.165) is 16.6 Å². The molecule has 2 rings (SSSR count). The van der Waals surface area contributed by atoms with E-state index in [4.69, 9.17) is 4.74 Å². The number of cyclic esters (lactones) is 1. The number of hydrogen-bond donors (Lipinski definition) is 1. The van der Waals surface area contributed by atoms with Crippen LogP contribution in [0.3, 0.4) is 0 Å². The van der Waals surface area contributed by atoms with Gasteiger partial charge in [0.2, 0.25) is 15.9 Å². The predicted molar refractivity (Wildman–Crippen MR) is 85.9 cm³/mol. The van der Waals surface area contributed by atoms with Crippen LogP contribution in [0, 0.1) is 5.82 Å². The van der Waals surface area contributed by atoms with Gasteiger partial charge < -0.3 is 10.1 Å². The number of sulfonamides is 1. The summed E-state index contributed by atoms with van der Waals surface area (Å²) in [5, 5.41) is 2.54. The van der Waals surface area contributed by atoms with Crippen LogP contribution in [0.15, 0.2) is 18.2 Å². The number of rotatable bonds is 5. The summed E-state index contributed by atoms with van der Waals surface area (Å²) in [7, 11) is -2.36. The number of hydrogen-bond acceptors (Lipinski definition) is 5. The summed E-state index contributed by atoms with van der Waals surface area (Å²) in [5.74, 6) is -1.03. The Hall–Kier alpha value is -2.36. The Morgan fingerprint density at radius 2 is 2.17 bits per heavy atom. The van der Waals surface area contributed by atoms with Crippen molar-refractivity contribution in [2.24, 2.45) is 0 Å². The maximum absolute atomic E-state index is 14.2. The topological polar surface area (TPSA) is 96.0 Å². The van der Waals surface area contributed by atoms with E-state index in [0.29, 0.717) is 0 Å². The number of halogens is 1. The standard InChI is InChI=1S/C14H18FN3O5S/c1-9(19)16-7-11-8-18(14(20)23-11)10-4-5-13(12(15)6-10)17(2)24(3,21)22/h4-6,11H,7-8H2,1-3H3,(H,16,19). The monoisotopic (exact) mass is 359 g/mol. The molecule has 0 aromatic heterocycles. The van der Waals surface area contributed by atoms with E-state index in [1.807, 2.05) is 0 Å². The summed E-state index contributed by atoms with van der Waals surface area (Å²) >= 11 is 0. The first-order valence-corrected chi connectivity index (χ1v) is 8.90. The maximum Gasteiger partial charge on any atom is 0.414 e. The lowest BCUT2D eigenvalue weighted by Gasteiger charge is -2.19. The lowest BCUT2D eigenvalue weighted by atomic mass is 10.2. The van der Waals surface area contributed by atoms with Gasteiger partial charge in [-0.2, -0.15) is 0 Å². The zero-order valence-electron chi connectivity index (χ0n) is 13.4. The number of nitrogens with one attached hydrogen (secondary N) is 1. The Morgan fingerprint density at radius 3 is 2.71 bits per heavy atom. The minimum Gasteiger partial charge on any atom is -0.442 e. The van der Waals surface area contributed by atoms with E-state index < -0.39 is 28.0 Å². The van der Waals surface area contributed by atoms with E-state index >= 15 is 0 Å². The van der Waals surface area contributed by atoms with Gasteiger partial charge in [0.25, 0.3) is 0 Å².